The Hall–Kier alpha value is -0.455. The molecule has 0 spiro atoms. The van der Waals surface area contributed by atoms with Crippen LogP contribution >= 0.6 is 0 Å². The van der Waals surface area contributed by atoms with Crippen molar-refractivity contribution in [3.63, 3.8) is 0 Å². The van der Waals surface area contributed by atoms with Crippen LogP contribution in [0.4, 0.5) is 0 Å². The fourth-order valence-corrected chi connectivity index (χ4v) is 0.862. The molecule has 0 nitrogen and oxygen atoms in total. The Bertz CT molecular complexity index is 122. The Morgan fingerprint density at radius 2 is 2.50 bits per heavy atom. The molecule has 0 atom stereocenters. The van der Waals surface area contributed by atoms with Gasteiger partial charge >= 0.3 is 0 Å². The van der Waals surface area contributed by atoms with Crippen molar-refractivity contribution < 1.29 is 0 Å². The highest BCUT2D eigenvalue weighted by atomic mass is 13.9. The molecule has 1 aliphatic carbocycles. The van der Waals surface area contributed by atoms with E-state index in [1.54, 1.807) is 0 Å². The van der Waals surface area contributed by atoms with Crippen molar-refractivity contribution in [2.45, 2.75) is 19.7 Å². The van der Waals surface area contributed by atoms with Gasteiger partial charge in [-0.05, 0) is 12.8 Å². The van der Waals surface area contributed by atoms with Gasteiger partial charge in [0, 0.05) is 0 Å². The van der Waals surface area contributed by atoms with E-state index >= 15 is 0 Å². The molecule has 0 aliphatic heterocycles. The highest BCUT2D eigenvalue weighted by Gasteiger charge is 1.94. The van der Waals surface area contributed by atoms with Gasteiger partial charge < -0.3 is 0 Å². The van der Waals surface area contributed by atoms with Gasteiger partial charge in [-0.25, -0.2) is 0 Å². The van der Waals surface area contributed by atoms with E-state index < -0.39 is 0 Å². The summed E-state index contributed by atoms with van der Waals surface area (Å²) in [6.07, 6.45) is 8.94. The molecule has 0 aromatic heterocycles. The fourth-order valence-electron chi connectivity index (χ4n) is 0.862. The summed E-state index contributed by atoms with van der Waals surface area (Å²) in [4.78, 5) is 0. The Morgan fingerprint density at radius 3 is 2.88 bits per heavy atom. The standard InChI is InChI=1S/C7H10B/c1-8-7-5-3-2-4-6-7/h2-3,5H,4,6H2,1H3. The van der Waals surface area contributed by atoms with Gasteiger partial charge in [0.1, 0.15) is 7.28 Å². The zero-order valence-electron chi connectivity index (χ0n) is 5.22. The average molecular weight is 105 g/mol. The van der Waals surface area contributed by atoms with Gasteiger partial charge in [0.2, 0.25) is 0 Å². The van der Waals surface area contributed by atoms with E-state index in [0.29, 0.717) is 0 Å². The molecule has 0 unspecified atom stereocenters. The van der Waals surface area contributed by atoms with Crippen molar-refractivity contribution in [1.29, 1.82) is 0 Å². The molecule has 0 N–H and O–H groups in total. The van der Waals surface area contributed by atoms with E-state index in [9.17, 15) is 0 Å². The van der Waals surface area contributed by atoms with Gasteiger partial charge in [0.15, 0.2) is 0 Å². The lowest BCUT2D eigenvalue weighted by Gasteiger charge is -2.02. The van der Waals surface area contributed by atoms with Crippen LogP contribution in [0.3, 0.4) is 0 Å². The van der Waals surface area contributed by atoms with Crippen molar-refractivity contribution in [1.82, 2.24) is 0 Å². The van der Waals surface area contributed by atoms with E-state index in [-0.39, 0.29) is 0 Å². The maximum absolute atomic E-state index is 2.20. The second-order valence-corrected chi connectivity index (χ2v) is 2.00. The number of hydrogen-bond acceptors (Lipinski definition) is 0. The third-order valence-corrected chi connectivity index (χ3v) is 1.42. The normalized spacial score (nSPS) is 17.9. The molecule has 1 rings (SSSR count). The molecule has 0 saturated heterocycles. The molecule has 0 aromatic carbocycles. The molecule has 1 aliphatic rings. The topological polar surface area (TPSA) is 0 Å². The van der Waals surface area contributed by atoms with Gasteiger partial charge in [0.25, 0.3) is 0 Å². The van der Waals surface area contributed by atoms with Gasteiger partial charge in [-0.1, -0.05) is 25.1 Å². The van der Waals surface area contributed by atoms with Crippen molar-refractivity contribution in [2.75, 3.05) is 0 Å². The third kappa shape index (κ3) is 1.26. The van der Waals surface area contributed by atoms with Gasteiger partial charge in [-0.3, -0.25) is 0 Å². The van der Waals surface area contributed by atoms with Gasteiger partial charge in [-0.15, -0.1) is 5.47 Å². The predicted octanol–water partition coefficient (Wildman–Crippen LogP) is 1.97. The van der Waals surface area contributed by atoms with Crippen molar-refractivity contribution >= 4 is 7.28 Å². The fraction of sp³-hybridized carbons (Fsp3) is 0.429. The lowest BCUT2D eigenvalue weighted by molar-refractivity contribution is 1.01. The summed E-state index contributed by atoms with van der Waals surface area (Å²) >= 11 is 0. The van der Waals surface area contributed by atoms with Crippen molar-refractivity contribution in [2.24, 2.45) is 0 Å². The second-order valence-electron chi connectivity index (χ2n) is 2.00. The Balaban J connectivity index is 2.50. The summed E-state index contributed by atoms with van der Waals surface area (Å²) in [6, 6.07) is 0. The number of rotatable bonds is 1. The molecule has 0 aromatic rings. The molecule has 0 heterocycles. The number of hydrogen-bond donors (Lipinski definition) is 0. The van der Waals surface area contributed by atoms with E-state index in [4.69, 9.17) is 0 Å². The first kappa shape index (κ1) is 5.68. The van der Waals surface area contributed by atoms with Crippen molar-refractivity contribution in [3.05, 3.63) is 23.7 Å². The highest BCUT2D eigenvalue weighted by molar-refractivity contribution is 6.43. The lowest BCUT2D eigenvalue weighted by Crippen LogP contribution is -1.92. The van der Waals surface area contributed by atoms with Crippen LogP contribution in [0.5, 0.6) is 0 Å². The molecule has 8 heavy (non-hydrogen) atoms. The van der Waals surface area contributed by atoms with Crippen molar-refractivity contribution in [3.8, 4) is 0 Å². The maximum Gasteiger partial charge on any atom is 0.142 e. The van der Waals surface area contributed by atoms with Crippen LogP contribution in [0.1, 0.15) is 12.8 Å². The summed E-state index contributed by atoms with van der Waals surface area (Å²) in [5.41, 5.74) is 1.47. The minimum atomic E-state index is 1.22. The van der Waals surface area contributed by atoms with Crippen LogP contribution < -0.4 is 0 Å². The second kappa shape index (κ2) is 2.76. The van der Waals surface area contributed by atoms with Crippen LogP contribution in [-0.4, -0.2) is 7.28 Å². The largest absolute Gasteiger partial charge is 0.142 e. The zero-order valence-corrected chi connectivity index (χ0v) is 5.22. The molecule has 1 radical (unpaired) electrons. The first-order valence-corrected chi connectivity index (χ1v) is 3.08. The van der Waals surface area contributed by atoms with Gasteiger partial charge in [0.05, 0.1) is 0 Å². The summed E-state index contributed by atoms with van der Waals surface area (Å²) < 4.78 is 0. The van der Waals surface area contributed by atoms with Crippen LogP contribution in [-0.2, 0) is 0 Å². The SMILES string of the molecule is C[B]C1=CC=CCC1. The highest BCUT2D eigenvalue weighted by Crippen LogP contribution is 2.08. The van der Waals surface area contributed by atoms with E-state index in [1.807, 2.05) is 0 Å². The number of allylic oxidation sites excluding steroid dienone is 4. The Labute approximate surface area is 51.5 Å². The molecular formula is C7H10B. The van der Waals surface area contributed by atoms with E-state index in [0.717, 1.165) is 0 Å². The summed E-state index contributed by atoms with van der Waals surface area (Å²) in [7, 11) is 2.17. The maximum atomic E-state index is 2.20. The quantitative estimate of drug-likeness (QED) is 0.447. The van der Waals surface area contributed by atoms with Gasteiger partial charge in [-0.2, -0.15) is 0 Å². The predicted molar refractivity (Wildman–Crippen MR) is 38.1 cm³/mol. The minimum absolute atomic E-state index is 1.22. The molecule has 1 heteroatoms. The summed E-state index contributed by atoms with van der Waals surface area (Å²) in [5, 5.41) is 0. The zero-order chi connectivity index (χ0) is 5.82. The average Bonchev–Trinajstić information content (AvgIpc) is 1.90. The molecule has 0 bridgehead atoms. The minimum Gasteiger partial charge on any atom is -0.109 e. The smallest absolute Gasteiger partial charge is 0.109 e. The monoisotopic (exact) mass is 105 g/mol. The lowest BCUT2D eigenvalue weighted by atomic mass is 9.69. The van der Waals surface area contributed by atoms with Crippen LogP contribution in [0.15, 0.2) is 23.7 Å². The first-order valence-electron chi connectivity index (χ1n) is 3.08. The van der Waals surface area contributed by atoms with E-state index in [1.165, 1.54) is 18.3 Å². The van der Waals surface area contributed by atoms with Crippen LogP contribution in [0.2, 0.25) is 6.82 Å². The van der Waals surface area contributed by atoms with Crippen LogP contribution in [0.25, 0.3) is 0 Å². The molecule has 0 saturated carbocycles. The summed E-state index contributed by atoms with van der Waals surface area (Å²) in [5.74, 6) is 0. The Kier molecular flexibility index (Phi) is 1.96. The molecule has 0 fully saturated rings. The molecular weight excluding hydrogens is 94.9 g/mol. The molecule has 0 amide bonds. The third-order valence-electron chi connectivity index (χ3n) is 1.42. The van der Waals surface area contributed by atoms with E-state index in [2.05, 4.69) is 32.3 Å². The Morgan fingerprint density at radius 1 is 1.62 bits per heavy atom. The first-order chi connectivity index (χ1) is 3.93. The molecule has 41 valence electrons. The van der Waals surface area contributed by atoms with Crippen LogP contribution in [0, 0.1) is 0 Å². The summed E-state index contributed by atoms with van der Waals surface area (Å²) in [6.45, 7) is 2.09.